The van der Waals surface area contributed by atoms with Crippen LogP contribution in [-0.2, 0) is 11.2 Å². The molecular formula is C25H23N3OS. The molecule has 4 nitrogen and oxygen atoms in total. The van der Waals surface area contributed by atoms with E-state index in [1.54, 1.807) is 23.7 Å². The SMILES string of the molecule is O=C(NCCCc1nc(-c2ccncc2)cs1)C(c1ccccc1)c1ccccc1. The minimum Gasteiger partial charge on any atom is -0.355 e. The largest absolute Gasteiger partial charge is 0.355 e. The van der Waals surface area contributed by atoms with Gasteiger partial charge in [-0.15, -0.1) is 11.3 Å². The van der Waals surface area contributed by atoms with Crippen LogP contribution in [0.5, 0.6) is 0 Å². The number of nitrogens with one attached hydrogen (secondary N) is 1. The molecule has 5 heteroatoms. The summed E-state index contributed by atoms with van der Waals surface area (Å²) in [5.41, 5.74) is 4.07. The number of carbonyl (C=O) groups excluding carboxylic acids is 1. The smallest absolute Gasteiger partial charge is 0.232 e. The Bertz CT molecular complexity index is 1030. The lowest BCUT2D eigenvalue weighted by Gasteiger charge is -2.17. The molecule has 2 aromatic carbocycles. The van der Waals surface area contributed by atoms with Crippen LogP contribution in [0.1, 0.15) is 28.5 Å². The van der Waals surface area contributed by atoms with Gasteiger partial charge in [0.1, 0.15) is 0 Å². The molecule has 0 bridgehead atoms. The van der Waals surface area contributed by atoms with Gasteiger partial charge in [-0.1, -0.05) is 60.7 Å². The van der Waals surface area contributed by atoms with Crippen molar-refractivity contribution in [3.8, 4) is 11.3 Å². The van der Waals surface area contributed by atoms with E-state index in [1.165, 1.54) is 0 Å². The Labute approximate surface area is 180 Å². The second-order valence-electron chi connectivity index (χ2n) is 7.01. The van der Waals surface area contributed by atoms with E-state index in [4.69, 9.17) is 4.98 Å². The third kappa shape index (κ3) is 4.99. The summed E-state index contributed by atoms with van der Waals surface area (Å²) < 4.78 is 0. The maximum Gasteiger partial charge on any atom is 0.232 e. The molecule has 0 unspecified atom stereocenters. The predicted octanol–water partition coefficient (Wildman–Crippen LogP) is 5.09. The summed E-state index contributed by atoms with van der Waals surface area (Å²) in [6.07, 6.45) is 5.25. The zero-order valence-electron chi connectivity index (χ0n) is 16.6. The zero-order chi connectivity index (χ0) is 20.6. The number of thiazole rings is 1. The summed E-state index contributed by atoms with van der Waals surface area (Å²) in [7, 11) is 0. The van der Waals surface area contributed by atoms with Crippen LogP contribution in [0, 0.1) is 0 Å². The Morgan fingerprint density at radius 3 is 2.17 bits per heavy atom. The molecule has 1 amide bonds. The number of nitrogens with zero attached hydrogens (tertiary/aromatic N) is 2. The van der Waals surface area contributed by atoms with Crippen molar-refractivity contribution in [1.29, 1.82) is 0 Å². The average molecular weight is 414 g/mol. The van der Waals surface area contributed by atoms with Gasteiger partial charge >= 0.3 is 0 Å². The van der Waals surface area contributed by atoms with Crippen molar-refractivity contribution < 1.29 is 4.79 Å². The van der Waals surface area contributed by atoms with Gasteiger partial charge in [-0.25, -0.2) is 4.98 Å². The number of hydrogen-bond donors (Lipinski definition) is 1. The van der Waals surface area contributed by atoms with Crippen LogP contribution in [0.25, 0.3) is 11.3 Å². The highest BCUT2D eigenvalue weighted by atomic mass is 32.1. The highest BCUT2D eigenvalue weighted by Crippen LogP contribution is 2.25. The van der Waals surface area contributed by atoms with Gasteiger partial charge in [-0.3, -0.25) is 9.78 Å². The first kappa shape index (κ1) is 20.0. The molecule has 0 aliphatic carbocycles. The number of aryl methyl sites for hydroxylation is 1. The molecule has 0 aliphatic rings. The molecule has 4 rings (SSSR count). The zero-order valence-corrected chi connectivity index (χ0v) is 17.4. The fourth-order valence-corrected chi connectivity index (χ4v) is 4.27. The van der Waals surface area contributed by atoms with Gasteiger partial charge in [0.25, 0.3) is 0 Å². The number of hydrogen-bond acceptors (Lipinski definition) is 4. The molecule has 0 spiro atoms. The lowest BCUT2D eigenvalue weighted by molar-refractivity contribution is -0.121. The Kier molecular flexibility index (Phi) is 6.62. The third-order valence-corrected chi connectivity index (χ3v) is 5.83. The average Bonchev–Trinajstić information content (AvgIpc) is 3.28. The van der Waals surface area contributed by atoms with Crippen LogP contribution in [0.2, 0.25) is 0 Å². The van der Waals surface area contributed by atoms with Gasteiger partial charge in [0.05, 0.1) is 16.6 Å². The van der Waals surface area contributed by atoms with Crippen molar-refractivity contribution in [3.63, 3.8) is 0 Å². The Hall–Kier alpha value is -3.31. The van der Waals surface area contributed by atoms with Crippen LogP contribution in [-0.4, -0.2) is 22.4 Å². The van der Waals surface area contributed by atoms with Crippen LogP contribution >= 0.6 is 11.3 Å². The summed E-state index contributed by atoms with van der Waals surface area (Å²) >= 11 is 1.66. The Morgan fingerprint density at radius 1 is 0.900 bits per heavy atom. The van der Waals surface area contributed by atoms with Crippen molar-refractivity contribution in [3.05, 3.63) is 107 Å². The first-order valence-corrected chi connectivity index (χ1v) is 10.9. The van der Waals surface area contributed by atoms with Crippen molar-refractivity contribution in [2.75, 3.05) is 6.54 Å². The molecule has 1 N–H and O–H groups in total. The van der Waals surface area contributed by atoms with E-state index in [2.05, 4.69) is 15.7 Å². The molecule has 0 aliphatic heterocycles. The molecule has 150 valence electrons. The van der Waals surface area contributed by atoms with Gasteiger partial charge in [0.2, 0.25) is 5.91 Å². The fraction of sp³-hybridized carbons (Fsp3) is 0.160. The normalized spacial score (nSPS) is 10.8. The summed E-state index contributed by atoms with van der Waals surface area (Å²) in [5, 5.41) is 6.27. The summed E-state index contributed by atoms with van der Waals surface area (Å²) in [5.74, 6) is -0.269. The first-order chi connectivity index (χ1) is 14.8. The standard InChI is InChI=1S/C25H23N3OS/c29-25(24(20-8-3-1-4-9-20)21-10-5-2-6-11-21)27-15-7-12-23-28-22(18-30-23)19-13-16-26-17-14-19/h1-6,8-11,13-14,16-18,24H,7,12,15H2,(H,27,29). The van der Waals surface area contributed by atoms with E-state index in [9.17, 15) is 4.79 Å². The number of rotatable bonds is 8. The van der Waals surface area contributed by atoms with Crippen LogP contribution in [0.15, 0.2) is 90.6 Å². The number of carbonyl (C=O) groups is 1. The van der Waals surface area contributed by atoms with Gasteiger partial charge < -0.3 is 5.32 Å². The van der Waals surface area contributed by atoms with E-state index in [-0.39, 0.29) is 11.8 Å². The fourth-order valence-electron chi connectivity index (χ4n) is 3.42. The molecule has 30 heavy (non-hydrogen) atoms. The van der Waals surface area contributed by atoms with Crippen LogP contribution < -0.4 is 5.32 Å². The van der Waals surface area contributed by atoms with Crippen LogP contribution in [0.4, 0.5) is 0 Å². The van der Waals surface area contributed by atoms with Gasteiger partial charge in [0.15, 0.2) is 0 Å². The number of benzene rings is 2. The molecule has 0 radical (unpaired) electrons. The third-order valence-electron chi connectivity index (χ3n) is 4.92. The summed E-state index contributed by atoms with van der Waals surface area (Å²) in [6.45, 7) is 0.624. The minimum atomic E-state index is -0.300. The summed E-state index contributed by atoms with van der Waals surface area (Å²) in [4.78, 5) is 21.8. The predicted molar refractivity (Wildman–Crippen MR) is 121 cm³/mol. The minimum absolute atomic E-state index is 0.0315. The Morgan fingerprint density at radius 2 is 1.53 bits per heavy atom. The molecule has 2 heterocycles. The maximum absolute atomic E-state index is 13.0. The Balaban J connectivity index is 1.35. The van der Waals surface area contributed by atoms with Crippen LogP contribution in [0.3, 0.4) is 0 Å². The van der Waals surface area contributed by atoms with E-state index in [1.807, 2.05) is 72.8 Å². The van der Waals surface area contributed by atoms with Crippen molar-refractivity contribution in [2.45, 2.75) is 18.8 Å². The second kappa shape index (κ2) is 9.94. The number of amides is 1. The van der Waals surface area contributed by atoms with E-state index < -0.39 is 0 Å². The molecule has 0 atom stereocenters. The van der Waals surface area contributed by atoms with Gasteiger partial charge in [0, 0.05) is 36.3 Å². The molecular weight excluding hydrogens is 390 g/mol. The lowest BCUT2D eigenvalue weighted by atomic mass is 9.90. The van der Waals surface area contributed by atoms with Crippen molar-refractivity contribution >= 4 is 17.2 Å². The topological polar surface area (TPSA) is 54.9 Å². The number of aromatic nitrogens is 2. The highest BCUT2D eigenvalue weighted by Gasteiger charge is 2.22. The van der Waals surface area contributed by atoms with E-state index in [0.717, 1.165) is 40.2 Å². The van der Waals surface area contributed by atoms with Gasteiger partial charge in [-0.2, -0.15) is 0 Å². The number of pyridine rings is 1. The van der Waals surface area contributed by atoms with E-state index >= 15 is 0 Å². The van der Waals surface area contributed by atoms with E-state index in [0.29, 0.717) is 6.54 Å². The van der Waals surface area contributed by atoms with Gasteiger partial charge in [-0.05, 0) is 29.7 Å². The van der Waals surface area contributed by atoms with Crippen molar-refractivity contribution in [2.24, 2.45) is 0 Å². The maximum atomic E-state index is 13.0. The second-order valence-corrected chi connectivity index (χ2v) is 7.95. The monoisotopic (exact) mass is 413 g/mol. The molecule has 0 fully saturated rings. The van der Waals surface area contributed by atoms with Crippen molar-refractivity contribution in [1.82, 2.24) is 15.3 Å². The first-order valence-electron chi connectivity index (χ1n) is 10.0. The quantitative estimate of drug-likeness (QED) is 0.410. The lowest BCUT2D eigenvalue weighted by Crippen LogP contribution is -2.31. The molecule has 0 saturated carbocycles. The molecule has 0 saturated heterocycles. The molecule has 4 aromatic rings. The highest BCUT2D eigenvalue weighted by molar-refractivity contribution is 7.09. The summed E-state index contributed by atoms with van der Waals surface area (Å²) in [6, 6.07) is 23.8. The molecule has 2 aromatic heterocycles.